The van der Waals surface area contributed by atoms with Crippen LogP contribution in [0.2, 0.25) is 0 Å². The van der Waals surface area contributed by atoms with Gasteiger partial charge in [-0.1, -0.05) is 112 Å². The van der Waals surface area contributed by atoms with E-state index in [4.69, 9.17) is 19.6 Å². The zero-order chi connectivity index (χ0) is 37.6. The maximum absolute atomic E-state index is 10.8. The van der Waals surface area contributed by atoms with Crippen molar-refractivity contribution >= 4 is 24.9 Å². The number of unbranched alkanes of at least 4 members (excludes halogenated alkanes) is 6. The molecule has 0 bridgehead atoms. The second-order valence-electron chi connectivity index (χ2n) is 13.0. The lowest BCUT2D eigenvalue weighted by molar-refractivity contribution is -0.136. The van der Waals surface area contributed by atoms with Crippen molar-refractivity contribution in [1.29, 1.82) is 0 Å². The fourth-order valence-electron chi connectivity index (χ4n) is 5.55. The van der Waals surface area contributed by atoms with Crippen molar-refractivity contribution in [2.24, 2.45) is 0 Å². The van der Waals surface area contributed by atoms with Gasteiger partial charge in [0.15, 0.2) is 5.85 Å². The predicted octanol–water partition coefficient (Wildman–Crippen LogP) is 8.82. The van der Waals surface area contributed by atoms with Crippen LogP contribution in [0.5, 0.6) is 5.75 Å². The molecule has 284 valence electrons. The number of carboxylic acid groups (broad SMARTS) is 1. The van der Waals surface area contributed by atoms with E-state index in [0.717, 1.165) is 23.3 Å². The van der Waals surface area contributed by atoms with Crippen LogP contribution < -0.4 is 15.4 Å². The average molecular weight is 753 g/mol. The van der Waals surface area contributed by atoms with Crippen molar-refractivity contribution < 1.29 is 34.1 Å². The van der Waals surface area contributed by atoms with E-state index < -0.39 is 19.4 Å². The number of hydrogen-bond donors (Lipinski definition) is 6. The van der Waals surface area contributed by atoms with E-state index in [9.17, 15) is 14.5 Å². The minimum Gasteiger partial charge on any atom is -0.488 e. The number of rotatable bonds is 23. The van der Waals surface area contributed by atoms with Gasteiger partial charge in [-0.25, -0.2) is 0 Å². The topological polar surface area (TPSA) is 148 Å². The summed E-state index contributed by atoms with van der Waals surface area (Å²) in [6.45, 7) is 7.05. The van der Waals surface area contributed by atoms with Crippen molar-refractivity contribution in [3.63, 3.8) is 0 Å². The molecule has 1 atom stereocenters. The summed E-state index contributed by atoms with van der Waals surface area (Å²) in [5.74, 6) is -1.54. The number of nitrogens with one attached hydrogen (secondary N) is 2. The molecule has 52 heavy (non-hydrogen) atoms. The van der Waals surface area contributed by atoms with Gasteiger partial charge in [-0.15, -0.1) is 11.3 Å². The first-order valence-electron chi connectivity index (χ1n) is 18.4. The van der Waals surface area contributed by atoms with Crippen molar-refractivity contribution in [1.82, 2.24) is 10.6 Å². The van der Waals surface area contributed by atoms with E-state index in [1.54, 1.807) is 11.3 Å². The second-order valence-corrected chi connectivity index (χ2v) is 16.1. The number of thiophene rings is 1. The van der Waals surface area contributed by atoms with Crippen LogP contribution in [-0.2, 0) is 35.5 Å². The molecule has 0 amide bonds. The molecule has 0 fully saturated rings. The maximum atomic E-state index is 10.8. The highest BCUT2D eigenvalue weighted by atomic mass is 32.1. The Bertz CT molecular complexity index is 1610. The van der Waals surface area contributed by atoms with Gasteiger partial charge in [0.25, 0.3) is 0 Å². The van der Waals surface area contributed by atoms with Crippen LogP contribution in [0.1, 0.15) is 91.2 Å². The van der Waals surface area contributed by atoms with E-state index in [2.05, 4.69) is 79.1 Å². The van der Waals surface area contributed by atoms with Crippen LogP contribution in [-0.4, -0.2) is 44.9 Å². The zero-order valence-electron chi connectivity index (χ0n) is 30.6. The van der Waals surface area contributed by atoms with Crippen LogP contribution in [0, 0.1) is 6.92 Å². The quantitative estimate of drug-likeness (QED) is 0.0323. The maximum Gasteiger partial charge on any atom is 0.353 e. The molecule has 1 aromatic heterocycles. The monoisotopic (exact) mass is 752 g/mol. The molecule has 4 rings (SSSR count). The van der Waals surface area contributed by atoms with E-state index in [0.29, 0.717) is 32.8 Å². The van der Waals surface area contributed by atoms with Gasteiger partial charge in [0.2, 0.25) is 0 Å². The highest BCUT2D eigenvalue weighted by Gasteiger charge is 2.25. The molecule has 0 saturated carbocycles. The van der Waals surface area contributed by atoms with E-state index in [-0.39, 0.29) is 12.8 Å². The first-order valence-corrected chi connectivity index (χ1v) is 20.9. The molecule has 1 unspecified atom stereocenters. The lowest BCUT2D eigenvalue weighted by Crippen LogP contribution is -2.20. The molecule has 6 N–H and O–H groups in total. The SMILES string of the molecule is CCCCCCCCCc1ccc(CNCCC(O)P(=O)(O)O)cc1.Cc1sc(COc2ccc(CNCCC(=O)O)cc2)cc1-c1ccccc1. The summed E-state index contributed by atoms with van der Waals surface area (Å²) in [6.07, 6.45) is 10.5. The van der Waals surface area contributed by atoms with Crippen LogP contribution in [0.3, 0.4) is 0 Å². The lowest BCUT2D eigenvalue weighted by Gasteiger charge is -2.12. The smallest absolute Gasteiger partial charge is 0.353 e. The van der Waals surface area contributed by atoms with Gasteiger partial charge in [0, 0.05) is 29.4 Å². The first kappa shape index (κ1) is 43.1. The van der Waals surface area contributed by atoms with Gasteiger partial charge >= 0.3 is 13.6 Å². The summed E-state index contributed by atoms with van der Waals surface area (Å²) in [6, 6.07) is 29.0. The molecule has 11 heteroatoms. The minimum absolute atomic E-state index is 0.0423. The van der Waals surface area contributed by atoms with Crippen molar-refractivity contribution in [2.45, 2.75) is 104 Å². The number of carboxylic acids is 1. The molecular formula is C41H57N2O7PS. The largest absolute Gasteiger partial charge is 0.488 e. The second kappa shape index (κ2) is 24.1. The Morgan fingerprint density at radius 1 is 0.808 bits per heavy atom. The highest BCUT2D eigenvalue weighted by molar-refractivity contribution is 7.52. The molecule has 0 radical (unpaired) electrons. The van der Waals surface area contributed by atoms with E-state index in [1.165, 1.54) is 71.4 Å². The number of aryl methyl sites for hydroxylation is 2. The Morgan fingerprint density at radius 2 is 1.38 bits per heavy atom. The van der Waals surface area contributed by atoms with Gasteiger partial charge in [-0.3, -0.25) is 9.36 Å². The number of aliphatic carboxylic acids is 1. The number of aliphatic hydroxyl groups is 1. The third-order valence-electron chi connectivity index (χ3n) is 8.59. The van der Waals surface area contributed by atoms with Crippen LogP contribution >= 0.6 is 18.9 Å². The van der Waals surface area contributed by atoms with E-state index in [1.807, 2.05) is 30.3 Å². The zero-order valence-corrected chi connectivity index (χ0v) is 32.3. The van der Waals surface area contributed by atoms with Gasteiger partial charge < -0.3 is 35.4 Å². The summed E-state index contributed by atoms with van der Waals surface area (Å²) in [7, 11) is -4.38. The Hall–Kier alpha value is -3.34. The summed E-state index contributed by atoms with van der Waals surface area (Å²) < 4.78 is 16.7. The third-order valence-corrected chi connectivity index (χ3v) is 10.7. The molecule has 4 aromatic rings. The van der Waals surface area contributed by atoms with Gasteiger partial charge in [0.05, 0.1) is 6.42 Å². The normalized spacial score (nSPS) is 11.9. The van der Waals surface area contributed by atoms with Crippen molar-refractivity contribution in [3.05, 3.63) is 111 Å². The third kappa shape index (κ3) is 17.5. The molecule has 0 aliphatic carbocycles. The Labute approximate surface area is 313 Å². The van der Waals surface area contributed by atoms with Crippen LogP contribution in [0.15, 0.2) is 84.9 Å². The number of ether oxygens (including phenoxy) is 1. The molecule has 0 saturated heterocycles. The van der Waals surface area contributed by atoms with Gasteiger partial charge in [-0.05, 0) is 78.7 Å². The van der Waals surface area contributed by atoms with Gasteiger partial charge in [0.1, 0.15) is 12.4 Å². The first-order chi connectivity index (χ1) is 25.0. The van der Waals surface area contributed by atoms with Crippen LogP contribution in [0.4, 0.5) is 0 Å². The summed E-state index contributed by atoms with van der Waals surface area (Å²) in [5, 5.41) is 24.1. The standard InChI is InChI=1S/C22H23NO3S.C19H34NO4P/c1-16-21(18-5-3-2-4-6-18)13-20(27-16)15-26-19-9-7-17(8-10-19)14-23-12-11-22(24)25;1-2-3-4-5-6-7-8-9-17-10-12-18(13-11-17)16-20-15-14-19(21)25(22,23)24/h2-10,13,23H,11-12,14-15H2,1H3,(H,24,25);10-13,19-21H,2-9,14-16H2,1H3,(H2,22,23,24). The fraction of sp³-hybridized carbons (Fsp3) is 0.439. The molecule has 0 spiro atoms. The molecule has 9 nitrogen and oxygen atoms in total. The highest BCUT2D eigenvalue weighted by Crippen LogP contribution is 2.40. The van der Waals surface area contributed by atoms with E-state index >= 15 is 0 Å². The van der Waals surface area contributed by atoms with Crippen molar-refractivity contribution in [3.8, 4) is 16.9 Å². The molecule has 3 aromatic carbocycles. The number of carbonyl (C=O) groups is 1. The molecule has 1 heterocycles. The molecule has 0 aliphatic heterocycles. The fourth-order valence-corrected chi connectivity index (χ4v) is 6.99. The Kier molecular flexibility index (Phi) is 19.9. The minimum atomic E-state index is -4.38. The molecule has 0 aliphatic rings. The lowest BCUT2D eigenvalue weighted by atomic mass is 10.0. The summed E-state index contributed by atoms with van der Waals surface area (Å²) in [4.78, 5) is 30.6. The Morgan fingerprint density at radius 3 is 2.00 bits per heavy atom. The number of hydrogen-bond acceptors (Lipinski definition) is 7. The Balaban J connectivity index is 0.000000282. The number of benzene rings is 3. The summed E-state index contributed by atoms with van der Waals surface area (Å²) in [5.41, 5.74) is 6.09. The molecular weight excluding hydrogens is 695 g/mol. The van der Waals surface area contributed by atoms with Gasteiger partial charge in [-0.2, -0.15) is 0 Å². The average Bonchev–Trinajstić information content (AvgIpc) is 3.52. The van der Waals surface area contributed by atoms with Crippen molar-refractivity contribution in [2.75, 3.05) is 13.1 Å². The number of aliphatic hydroxyl groups excluding tert-OH is 1. The predicted molar refractivity (Wildman–Crippen MR) is 212 cm³/mol. The summed E-state index contributed by atoms with van der Waals surface area (Å²) >= 11 is 1.76. The van der Waals surface area contributed by atoms with Crippen LogP contribution in [0.25, 0.3) is 11.1 Å².